The van der Waals surface area contributed by atoms with Gasteiger partial charge in [0.05, 0.1) is 0 Å². The van der Waals surface area contributed by atoms with E-state index in [1.54, 1.807) is 7.11 Å². The van der Waals surface area contributed by atoms with Gasteiger partial charge in [0.15, 0.2) is 5.82 Å². The first-order valence-electron chi connectivity index (χ1n) is 6.20. The van der Waals surface area contributed by atoms with Crippen molar-refractivity contribution in [3.8, 4) is 0 Å². The van der Waals surface area contributed by atoms with Gasteiger partial charge in [-0.1, -0.05) is 20.8 Å². The van der Waals surface area contributed by atoms with E-state index in [4.69, 9.17) is 4.74 Å². The molecule has 0 aliphatic heterocycles. The zero-order valence-corrected chi connectivity index (χ0v) is 11.4. The average molecular weight is 237 g/mol. The van der Waals surface area contributed by atoms with Gasteiger partial charge in [0.2, 0.25) is 0 Å². The van der Waals surface area contributed by atoms with E-state index in [0.29, 0.717) is 5.92 Å². The minimum absolute atomic E-state index is 0.0444. The van der Waals surface area contributed by atoms with Crippen LogP contribution >= 0.6 is 0 Å². The molecule has 1 N–H and O–H groups in total. The molecule has 1 atom stereocenters. The lowest BCUT2D eigenvalue weighted by molar-refractivity contribution is 0.0574. The fourth-order valence-electron chi connectivity index (χ4n) is 1.74. The van der Waals surface area contributed by atoms with Gasteiger partial charge < -0.3 is 10.1 Å². The lowest BCUT2D eigenvalue weighted by Gasteiger charge is -2.18. The lowest BCUT2D eigenvalue weighted by atomic mass is 10.1. The van der Waals surface area contributed by atoms with E-state index in [9.17, 15) is 0 Å². The van der Waals surface area contributed by atoms with Gasteiger partial charge in [-0.15, -0.1) is 0 Å². The fourth-order valence-corrected chi connectivity index (χ4v) is 1.74. The third-order valence-corrected chi connectivity index (χ3v) is 2.54. The molecular formula is C13H23N3O. The molecule has 0 amide bonds. The molecule has 0 aliphatic rings. The van der Waals surface area contributed by atoms with Gasteiger partial charge in [0.25, 0.3) is 0 Å². The fraction of sp³-hybridized carbons (Fsp3) is 0.692. The smallest absolute Gasteiger partial charge is 0.159 e. The Kier molecular flexibility index (Phi) is 5.35. The molecule has 0 aromatic carbocycles. The van der Waals surface area contributed by atoms with E-state index in [1.807, 2.05) is 13.0 Å². The molecule has 4 heteroatoms. The zero-order valence-electron chi connectivity index (χ0n) is 11.4. The molecule has 0 saturated heterocycles. The first-order valence-corrected chi connectivity index (χ1v) is 6.20. The molecule has 0 spiro atoms. The molecule has 0 saturated carbocycles. The summed E-state index contributed by atoms with van der Waals surface area (Å²) >= 11 is 0. The molecule has 0 aliphatic carbocycles. The van der Waals surface area contributed by atoms with Crippen LogP contribution in [0.3, 0.4) is 0 Å². The largest absolute Gasteiger partial charge is 0.373 e. The maximum absolute atomic E-state index is 5.46. The minimum Gasteiger partial charge on any atom is -0.373 e. The number of nitrogens with one attached hydrogen (secondary N) is 1. The van der Waals surface area contributed by atoms with Gasteiger partial charge in [0.1, 0.15) is 11.9 Å². The van der Waals surface area contributed by atoms with E-state index in [1.165, 1.54) is 0 Å². The Hall–Kier alpha value is -1.16. The SMILES string of the molecule is CCCNc1cc(C)nc(C(OC)C(C)C)n1. The second kappa shape index (κ2) is 6.55. The van der Waals surface area contributed by atoms with E-state index in [2.05, 4.69) is 36.1 Å². The first-order chi connectivity index (χ1) is 8.08. The highest BCUT2D eigenvalue weighted by Gasteiger charge is 2.18. The van der Waals surface area contributed by atoms with Crippen molar-refractivity contribution < 1.29 is 4.74 Å². The second-order valence-corrected chi connectivity index (χ2v) is 4.58. The summed E-state index contributed by atoms with van der Waals surface area (Å²) in [5.41, 5.74) is 0.969. The van der Waals surface area contributed by atoms with Crippen LogP contribution in [0.1, 0.15) is 44.8 Å². The number of aromatic nitrogens is 2. The predicted octanol–water partition coefficient (Wildman–Crippen LogP) is 2.95. The summed E-state index contributed by atoms with van der Waals surface area (Å²) in [5.74, 6) is 2.01. The average Bonchev–Trinajstić information content (AvgIpc) is 2.26. The molecule has 1 aromatic heterocycles. The number of hydrogen-bond donors (Lipinski definition) is 1. The quantitative estimate of drug-likeness (QED) is 0.826. The van der Waals surface area contributed by atoms with Crippen LogP contribution in [0.25, 0.3) is 0 Å². The third-order valence-electron chi connectivity index (χ3n) is 2.54. The highest BCUT2D eigenvalue weighted by atomic mass is 16.5. The van der Waals surface area contributed by atoms with Crippen LogP contribution in [-0.2, 0) is 4.74 Å². The topological polar surface area (TPSA) is 47.0 Å². The Labute approximate surface area is 104 Å². The number of aryl methyl sites for hydroxylation is 1. The van der Waals surface area contributed by atoms with E-state index in [-0.39, 0.29) is 6.10 Å². The number of hydrogen-bond acceptors (Lipinski definition) is 4. The summed E-state index contributed by atoms with van der Waals surface area (Å²) in [6, 6.07) is 1.96. The Morgan fingerprint density at radius 2 is 2.06 bits per heavy atom. The maximum Gasteiger partial charge on any atom is 0.159 e. The number of nitrogens with zero attached hydrogens (tertiary/aromatic N) is 2. The van der Waals surface area contributed by atoms with Crippen LogP contribution in [-0.4, -0.2) is 23.6 Å². The highest BCUT2D eigenvalue weighted by molar-refractivity contribution is 5.36. The van der Waals surface area contributed by atoms with Gasteiger partial charge in [-0.2, -0.15) is 0 Å². The van der Waals surface area contributed by atoms with E-state index >= 15 is 0 Å². The monoisotopic (exact) mass is 237 g/mol. The summed E-state index contributed by atoms with van der Waals surface area (Å²) in [7, 11) is 1.70. The van der Waals surface area contributed by atoms with Crippen LogP contribution < -0.4 is 5.32 Å². The lowest BCUT2D eigenvalue weighted by Crippen LogP contribution is -2.15. The first kappa shape index (κ1) is 13.9. The standard InChI is InChI=1S/C13H23N3O/c1-6-7-14-11-8-10(4)15-13(16-11)12(17-5)9(2)3/h8-9,12H,6-7H2,1-5H3,(H,14,15,16). The third kappa shape index (κ3) is 3.97. The van der Waals surface area contributed by atoms with Crippen LogP contribution in [0, 0.1) is 12.8 Å². The highest BCUT2D eigenvalue weighted by Crippen LogP contribution is 2.23. The maximum atomic E-state index is 5.46. The number of rotatable bonds is 6. The number of methoxy groups -OCH3 is 1. The molecule has 1 rings (SSSR count). The van der Waals surface area contributed by atoms with E-state index < -0.39 is 0 Å². The van der Waals surface area contributed by atoms with Crippen molar-refractivity contribution in [3.05, 3.63) is 17.6 Å². The van der Waals surface area contributed by atoms with Gasteiger partial charge >= 0.3 is 0 Å². The van der Waals surface area contributed by atoms with Crippen LogP contribution in [0.2, 0.25) is 0 Å². The second-order valence-electron chi connectivity index (χ2n) is 4.58. The summed E-state index contributed by atoms with van der Waals surface area (Å²) in [4.78, 5) is 8.97. The summed E-state index contributed by atoms with van der Waals surface area (Å²) in [6.45, 7) is 9.26. The van der Waals surface area contributed by atoms with Crippen molar-refractivity contribution in [3.63, 3.8) is 0 Å². The molecular weight excluding hydrogens is 214 g/mol. The molecule has 0 fully saturated rings. The van der Waals surface area contributed by atoms with Crippen LogP contribution in [0.15, 0.2) is 6.07 Å². The molecule has 96 valence electrons. The van der Waals surface area contributed by atoms with Gasteiger partial charge in [-0.3, -0.25) is 0 Å². The van der Waals surface area contributed by atoms with E-state index in [0.717, 1.165) is 30.3 Å². The van der Waals surface area contributed by atoms with Gasteiger partial charge in [0, 0.05) is 25.4 Å². The molecule has 1 unspecified atom stereocenters. The number of ether oxygens (including phenoxy) is 1. The molecule has 0 bridgehead atoms. The van der Waals surface area contributed by atoms with Crippen LogP contribution in [0.5, 0.6) is 0 Å². The van der Waals surface area contributed by atoms with Crippen molar-refractivity contribution in [2.75, 3.05) is 19.0 Å². The van der Waals surface area contributed by atoms with Crippen LogP contribution in [0.4, 0.5) is 5.82 Å². The Balaban J connectivity index is 2.94. The Morgan fingerprint density at radius 3 is 2.59 bits per heavy atom. The predicted molar refractivity (Wildman–Crippen MR) is 70.1 cm³/mol. The van der Waals surface area contributed by atoms with Gasteiger partial charge in [-0.25, -0.2) is 9.97 Å². The molecule has 1 aromatic rings. The molecule has 17 heavy (non-hydrogen) atoms. The van der Waals surface area contributed by atoms with Crippen molar-refractivity contribution >= 4 is 5.82 Å². The summed E-state index contributed by atoms with van der Waals surface area (Å²) < 4.78 is 5.46. The Bertz CT molecular complexity index is 353. The zero-order chi connectivity index (χ0) is 12.8. The van der Waals surface area contributed by atoms with Crippen molar-refractivity contribution in [1.29, 1.82) is 0 Å². The molecule has 0 radical (unpaired) electrons. The molecule has 1 heterocycles. The van der Waals surface area contributed by atoms with Gasteiger partial charge in [-0.05, 0) is 19.3 Å². The Morgan fingerprint density at radius 1 is 1.35 bits per heavy atom. The minimum atomic E-state index is -0.0444. The normalized spacial score (nSPS) is 12.8. The van der Waals surface area contributed by atoms with Crippen molar-refractivity contribution in [1.82, 2.24) is 9.97 Å². The summed E-state index contributed by atoms with van der Waals surface area (Å²) in [5, 5.41) is 3.29. The number of anilines is 1. The summed E-state index contributed by atoms with van der Waals surface area (Å²) in [6.07, 6.45) is 1.04. The van der Waals surface area contributed by atoms with Crippen molar-refractivity contribution in [2.24, 2.45) is 5.92 Å². The molecule has 4 nitrogen and oxygen atoms in total. The van der Waals surface area contributed by atoms with Crippen molar-refractivity contribution in [2.45, 2.75) is 40.2 Å².